The third-order valence-electron chi connectivity index (χ3n) is 2.11. The zero-order chi connectivity index (χ0) is 11.7. The highest BCUT2D eigenvalue weighted by Crippen LogP contribution is 2.38. The zero-order valence-electron chi connectivity index (χ0n) is 7.88. The highest BCUT2D eigenvalue weighted by atomic mass is 79.9. The van der Waals surface area contributed by atoms with Gasteiger partial charge in [0.25, 0.3) is 0 Å². The van der Waals surface area contributed by atoms with Crippen molar-refractivity contribution in [2.75, 3.05) is 0 Å². The lowest BCUT2D eigenvalue weighted by Crippen LogP contribution is -1.90. The Hall–Kier alpha value is 0.270. The van der Waals surface area contributed by atoms with Crippen LogP contribution in [0.5, 0.6) is 0 Å². The normalized spacial score (nSPS) is 12.8. The molecule has 1 unspecified atom stereocenters. The second-order valence-corrected chi connectivity index (χ2v) is 6.22. The van der Waals surface area contributed by atoms with Crippen LogP contribution in [0, 0.1) is 0 Å². The summed E-state index contributed by atoms with van der Waals surface area (Å²) in [6, 6.07) is 7.51. The predicted molar refractivity (Wildman–Crippen MR) is 76.2 cm³/mol. The van der Waals surface area contributed by atoms with Crippen LogP contribution in [0.4, 0.5) is 0 Å². The molecule has 2 rings (SSSR count). The summed E-state index contributed by atoms with van der Waals surface area (Å²) in [5.74, 6) is 0. The molecular formula is C11H6BrCl3S. The van der Waals surface area contributed by atoms with Gasteiger partial charge in [-0.2, -0.15) is 0 Å². The van der Waals surface area contributed by atoms with Crippen molar-refractivity contribution in [3.63, 3.8) is 0 Å². The minimum absolute atomic E-state index is 0.252. The standard InChI is InChI=1S/C11H6BrCl3S/c12-7-2-1-6(5-9(7)14)10(15)11-8(13)3-4-16-11/h1-5,10H. The molecule has 1 aromatic carbocycles. The monoisotopic (exact) mass is 354 g/mol. The summed E-state index contributed by atoms with van der Waals surface area (Å²) < 4.78 is 0.860. The maximum absolute atomic E-state index is 6.35. The van der Waals surface area contributed by atoms with Gasteiger partial charge in [0, 0.05) is 9.35 Å². The average molecular weight is 356 g/mol. The summed E-state index contributed by atoms with van der Waals surface area (Å²) >= 11 is 23.3. The molecular weight excluding hydrogens is 350 g/mol. The molecule has 0 aliphatic heterocycles. The first-order valence-electron chi connectivity index (χ1n) is 4.41. The van der Waals surface area contributed by atoms with Gasteiger partial charge in [-0.05, 0) is 45.1 Å². The molecule has 0 aliphatic carbocycles. The van der Waals surface area contributed by atoms with Gasteiger partial charge >= 0.3 is 0 Å². The van der Waals surface area contributed by atoms with E-state index in [1.54, 1.807) is 11.3 Å². The van der Waals surface area contributed by atoms with E-state index in [1.807, 2.05) is 29.6 Å². The van der Waals surface area contributed by atoms with Gasteiger partial charge in [-0.3, -0.25) is 0 Å². The van der Waals surface area contributed by atoms with Gasteiger partial charge in [-0.15, -0.1) is 22.9 Å². The molecule has 0 N–H and O–H groups in total. The minimum Gasteiger partial charge on any atom is -0.145 e. The van der Waals surface area contributed by atoms with Gasteiger partial charge in [-0.1, -0.05) is 29.3 Å². The number of rotatable bonds is 2. The van der Waals surface area contributed by atoms with Crippen LogP contribution in [0.15, 0.2) is 34.1 Å². The quantitative estimate of drug-likeness (QED) is 0.567. The van der Waals surface area contributed by atoms with Crippen LogP contribution in [0.1, 0.15) is 15.8 Å². The van der Waals surface area contributed by atoms with Gasteiger partial charge in [-0.25, -0.2) is 0 Å². The molecule has 0 saturated heterocycles. The first-order chi connectivity index (χ1) is 7.59. The first kappa shape index (κ1) is 12.7. The molecule has 1 aromatic heterocycles. The van der Waals surface area contributed by atoms with E-state index in [0.29, 0.717) is 10.0 Å². The first-order valence-corrected chi connectivity index (χ1v) is 7.28. The molecule has 1 atom stereocenters. The van der Waals surface area contributed by atoms with Crippen LogP contribution in [0.2, 0.25) is 10.0 Å². The summed E-state index contributed by atoms with van der Waals surface area (Å²) in [4.78, 5) is 0.946. The Bertz CT molecular complexity index is 510. The second-order valence-electron chi connectivity index (χ2n) is 3.17. The third kappa shape index (κ3) is 2.57. The van der Waals surface area contributed by atoms with E-state index in [-0.39, 0.29) is 5.38 Å². The molecule has 2 aromatic rings. The Morgan fingerprint density at radius 2 is 1.88 bits per heavy atom. The van der Waals surface area contributed by atoms with Crippen molar-refractivity contribution >= 4 is 62.1 Å². The molecule has 0 amide bonds. The molecule has 0 nitrogen and oxygen atoms in total. The Morgan fingerprint density at radius 3 is 2.44 bits per heavy atom. The van der Waals surface area contributed by atoms with Crippen molar-refractivity contribution in [1.82, 2.24) is 0 Å². The molecule has 5 heteroatoms. The summed E-state index contributed by atoms with van der Waals surface area (Å²) in [5.41, 5.74) is 0.944. The number of benzene rings is 1. The molecule has 0 radical (unpaired) electrons. The van der Waals surface area contributed by atoms with Gasteiger partial charge < -0.3 is 0 Å². The number of thiophene rings is 1. The van der Waals surface area contributed by atoms with Crippen molar-refractivity contribution in [2.24, 2.45) is 0 Å². The molecule has 1 heterocycles. The van der Waals surface area contributed by atoms with Crippen molar-refractivity contribution in [1.29, 1.82) is 0 Å². The third-order valence-corrected chi connectivity index (χ3v) is 5.37. The van der Waals surface area contributed by atoms with E-state index in [2.05, 4.69) is 15.9 Å². The minimum atomic E-state index is -0.252. The van der Waals surface area contributed by atoms with Crippen LogP contribution in [-0.4, -0.2) is 0 Å². The van der Waals surface area contributed by atoms with Gasteiger partial charge in [0.2, 0.25) is 0 Å². The average Bonchev–Trinajstić information content (AvgIpc) is 2.67. The van der Waals surface area contributed by atoms with Crippen LogP contribution in [0.25, 0.3) is 0 Å². The highest BCUT2D eigenvalue weighted by molar-refractivity contribution is 9.10. The van der Waals surface area contributed by atoms with Crippen LogP contribution < -0.4 is 0 Å². The SMILES string of the molecule is Clc1cc(C(Cl)c2sccc2Cl)ccc1Br. The molecule has 0 aliphatic rings. The van der Waals surface area contributed by atoms with Crippen molar-refractivity contribution < 1.29 is 0 Å². The lowest BCUT2D eigenvalue weighted by atomic mass is 10.1. The second kappa shape index (κ2) is 5.28. The van der Waals surface area contributed by atoms with E-state index >= 15 is 0 Å². The fourth-order valence-corrected chi connectivity index (χ4v) is 3.37. The fraction of sp³-hybridized carbons (Fsp3) is 0.0909. The van der Waals surface area contributed by atoms with E-state index in [9.17, 15) is 0 Å². The van der Waals surface area contributed by atoms with Gasteiger partial charge in [0.1, 0.15) is 0 Å². The zero-order valence-corrected chi connectivity index (χ0v) is 12.6. The fourth-order valence-electron chi connectivity index (χ4n) is 1.31. The summed E-state index contributed by atoms with van der Waals surface area (Å²) in [6.07, 6.45) is 0. The Labute approximate surface area is 121 Å². The topological polar surface area (TPSA) is 0 Å². The van der Waals surface area contributed by atoms with E-state index in [4.69, 9.17) is 34.8 Å². The van der Waals surface area contributed by atoms with Crippen molar-refractivity contribution in [2.45, 2.75) is 5.38 Å². The van der Waals surface area contributed by atoms with Crippen LogP contribution in [-0.2, 0) is 0 Å². The summed E-state index contributed by atoms with van der Waals surface area (Å²) in [5, 5.41) is 3.02. The maximum Gasteiger partial charge on any atom is 0.0943 e. The molecule has 16 heavy (non-hydrogen) atoms. The highest BCUT2D eigenvalue weighted by Gasteiger charge is 2.16. The number of hydrogen-bond donors (Lipinski definition) is 0. The number of halogens is 4. The lowest BCUT2D eigenvalue weighted by Gasteiger charge is -2.09. The largest absolute Gasteiger partial charge is 0.145 e. The lowest BCUT2D eigenvalue weighted by molar-refractivity contribution is 1.18. The molecule has 84 valence electrons. The molecule has 0 bridgehead atoms. The Morgan fingerprint density at radius 1 is 1.12 bits per heavy atom. The van der Waals surface area contributed by atoms with Crippen molar-refractivity contribution in [3.8, 4) is 0 Å². The predicted octanol–water partition coefficient (Wildman–Crippen LogP) is 6.15. The van der Waals surface area contributed by atoms with Gasteiger partial charge in [0.15, 0.2) is 0 Å². The molecule has 0 fully saturated rings. The van der Waals surface area contributed by atoms with Crippen molar-refractivity contribution in [3.05, 3.63) is 54.6 Å². The Balaban J connectivity index is 2.38. The van der Waals surface area contributed by atoms with Gasteiger partial charge in [0.05, 0.1) is 15.4 Å². The smallest absolute Gasteiger partial charge is 0.0943 e. The molecule has 0 spiro atoms. The van der Waals surface area contributed by atoms with Crippen LogP contribution >= 0.6 is 62.1 Å². The summed E-state index contributed by atoms with van der Waals surface area (Å²) in [7, 11) is 0. The maximum atomic E-state index is 6.35. The Kier molecular flexibility index (Phi) is 4.20. The summed E-state index contributed by atoms with van der Waals surface area (Å²) in [6.45, 7) is 0. The number of hydrogen-bond acceptors (Lipinski definition) is 1. The number of alkyl halides is 1. The van der Waals surface area contributed by atoms with E-state index in [0.717, 1.165) is 14.9 Å². The van der Waals surface area contributed by atoms with E-state index in [1.165, 1.54) is 0 Å². The van der Waals surface area contributed by atoms with Crippen LogP contribution in [0.3, 0.4) is 0 Å². The van der Waals surface area contributed by atoms with E-state index < -0.39 is 0 Å². The molecule has 0 saturated carbocycles.